The molecule has 2 aromatic carbocycles. The second-order valence-corrected chi connectivity index (χ2v) is 6.90. The molecule has 0 fully saturated rings. The molecule has 0 saturated heterocycles. The highest BCUT2D eigenvalue weighted by molar-refractivity contribution is 5.78. The normalized spacial score (nSPS) is 11.9. The third kappa shape index (κ3) is 5.13. The van der Waals surface area contributed by atoms with Gasteiger partial charge in [0.25, 0.3) is 0 Å². The molecule has 0 spiro atoms. The van der Waals surface area contributed by atoms with Crippen LogP contribution in [0.2, 0.25) is 0 Å². The number of rotatable bonds is 8. The molecule has 0 bridgehead atoms. The number of methoxy groups -OCH3 is 1. The average molecular weight is 396 g/mol. The predicted molar refractivity (Wildman–Crippen MR) is 108 cm³/mol. The monoisotopic (exact) mass is 396 g/mol. The van der Waals surface area contributed by atoms with Crippen molar-refractivity contribution in [2.75, 3.05) is 7.11 Å². The van der Waals surface area contributed by atoms with Crippen LogP contribution in [0, 0.1) is 6.92 Å². The molecule has 0 aliphatic rings. The van der Waals surface area contributed by atoms with Crippen molar-refractivity contribution in [1.82, 2.24) is 9.88 Å². The van der Waals surface area contributed by atoms with E-state index in [1.807, 2.05) is 43.3 Å². The van der Waals surface area contributed by atoms with Crippen molar-refractivity contribution in [2.24, 2.45) is 0 Å². The lowest BCUT2D eigenvalue weighted by molar-refractivity contribution is -0.141. The van der Waals surface area contributed by atoms with Crippen LogP contribution >= 0.6 is 0 Å². The van der Waals surface area contributed by atoms with Gasteiger partial charge in [-0.3, -0.25) is 14.2 Å². The standard InChI is InChI=1S/C22H24N2O5/c1-15-9-11-16(12-10-15)17(14-21(26)28-2)23-20(25)8-5-13-24-18-6-3-4-7-19(18)29-22(24)27/h3-4,6-7,9-12,17H,5,8,13-14H2,1-2H3,(H,23,25)/t17-/m0/s1. The number of aromatic nitrogens is 1. The summed E-state index contributed by atoms with van der Waals surface area (Å²) in [6.45, 7) is 2.34. The maximum atomic E-state index is 12.5. The largest absolute Gasteiger partial charge is 0.469 e. The summed E-state index contributed by atoms with van der Waals surface area (Å²) in [7, 11) is 1.32. The number of amides is 1. The van der Waals surface area contributed by atoms with E-state index in [1.54, 1.807) is 12.1 Å². The number of para-hydroxylation sites is 2. The van der Waals surface area contributed by atoms with Gasteiger partial charge in [-0.1, -0.05) is 42.0 Å². The molecule has 0 radical (unpaired) electrons. The zero-order valence-corrected chi connectivity index (χ0v) is 16.5. The molecule has 1 N–H and O–H groups in total. The van der Waals surface area contributed by atoms with Gasteiger partial charge in [0, 0.05) is 13.0 Å². The maximum absolute atomic E-state index is 12.5. The Balaban J connectivity index is 1.62. The minimum Gasteiger partial charge on any atom is -0.469 e. The van der Waals surface area contributed by atoms with Gasteiger partial charge in [0.15, 0.2) is 5.58 Å². The molecule has 1 heterocycles. The first-order valence-corrected chi connectivity index (χ1v) is 9.49. The van der Waals surface area contributed by atoms with Crippen LogP contribution in [0.25, 0.3) is 11.1 Å². The number of fused-ring (bicyclic) bond motifs is 1. The van der Waals surface area contributed by atoms with E-state index in [-0.39, 0.29) is 18.7 Å². The summed E-state index contributed by atoms with van der Waals surface area (Å²) in [6.07, 6.45) is 0.737. The summed E-state index contributed by atoms with van der Waals surface area (Å²) in [5.74, 6) is -1.03. The van der Waals surface area contributed by atoms with Crippen molar-refractivity contribution in [2.45, 2.75) is 38.8 Å². The van der Waals surface area contributed by atoms with Crippen LogP contribution in [-0.4, -0.2) is 23.6 Å². The van der Waals surface area contributed by atoms with Crippen LogP contribution < -0.4 is 11.1 Å². The van der Waals surface area contributed by atoms with Crippen molar-refractivity contribution in [3.8, 4) is 0 Å². The Bertz CT molecular complexity index is 1050. The van der Waals surface area contributed by atoms with Gasteiger partial charge in [-0.15, -0.1) is 0 Å². The first kappa shape index (κ1) is 20.4. The molecule has 0 aliphatic carbocycles. The molecule has 0 unspecified atom stereocenters. The van der Waals surface area contributed by atoms with Crippen molar-refractivity contribution in [3.05, 3.63) is 70.2 Å². The van der Waals surface area contributed by atoms with Gasteiger partial charge in [-0.25, -0.2) is 4.79 Å². The third-order valence-corrected chi connectivity index (χ3v) is 4.77. The SMILES string of the molecule is COC(=O)C[C@H](NC(=O)CCCn1c(=O)oc2ccccc21)c1ccc(C)cc1. The number of esters is 1. The molecule has 1 atom stereocenters. The van der Waals surface area contributed by atoms with Crippen LogP contribution in [-0.2, 0) is 20.9 Å². The Morgan fingerprint density at radius 2 is 1.86 bits per heavy atom. The van der Waals surface area contributed by atoms with Crippen molar-refractivity contribution >= 4 is 23.0 Å². The predicted octanol–water partition coefficient (Wildman–Crippen LogP) is 3.10. The average Bonchev–Trinajstić information content (AvgIpc) is 3.03. The summed E-state index contributed by atoms with van der Waals surface area (Å²) in [5.41, 5.74) is 3.17. The highest BCUT2D eigenvalue weighted by Gasteiger charge is 2.19. The van der Waals surface area contributed by atoms with Crippen LogP contribution in [0.5, 0.6) is 0 Å². The maximum Gasteiger partial charge on any atom is 0.419 e. The Morgan fingerprint density at radius 3 is 2.59 bits per heavy atom. The summed E-state index contributed by atoms with van der Waals surface area (Å²) in [5, 5.41) is 2.90. The first-order valence-electron chi connectivity index (χ1n) is 9.49. The highest BCUT2D eigenvalue weighted by Crippen LogP contribution is 2.19. The smallest absolute Gasteiger partial charge is 0.419 e. The topological polar surface area (TPSA) is 90.5 Å². The fourth-order valence-electron chi connectivity index (χ4n) is 3.19. The van der Waals surface area contributed by atoms with Crippen LogP contribution in [0.15, 0.2) is 57.7 Å². The van der Waals surface area contributed by atoms with Crippen LogP contribution in [0.4, 0.5) is 0 Å². The summed E-state index contributed by atoms with van der Waals surface area (Å²) < 4.78 is 11.5. The molecule has 0 aliphatic heterocycles. The Kier molecular flexibility index (Phi) is 6.49. The van der Waals surface area contributed by atoms with E-state index >= 15 is 0 Å². The minimum atomic E-state index is -0.465. The van der Waals surface area contributed by atoms with Gasteiger partial charge in [0.05, 0.1) is 25.1 Å². The molecule has 29 heavy (non-hydrogen) atoms. The molecular formula is C22H24N2O5. The van der Waals surface area contributed by atoms with Crippen molar-refractivity contribution in [1.29, 1.82) is 0 Å². The Hall–Kier alpha value is -3.35. The number of aryl methyl sites for hydroxylation is 2. The Morgan fingerprint density at radius 1 is 1.14 bits per heavy atom. The van der Waals surface area contributed by atoms with Crippen LogP contribution in [0.1, 0.15) is 36.4 Å². The van der Waals surface area contributed by atoms with E-state index in [9.17, 15) is 14.4 Å². The summed E-state index contributed by atoms with van der Waals surface area (Å²) in [4.78, 5) is 36.2. The zero-order chi connectivity index (χ0) is 20.8. The highest BCUT2D eigenvalue weighted by atomic mass is 16.5. The van der Waals surface area contributed by atoms with Crippen molar-refractivity contribution < 1.29 is 18.7 Å². The fraction of sp³-hybridized carbons (Fsp3) is 0.318. The van der Waals surface area contributed by atoms with Crippen LogP contribution in [0.3, 0.4) is 0 Å². The summed E-state index contributed by atoms with van der Waals surface area (Å²) in [6, 6.07) is 14.4. The number of carbonyl (C=O) groups is 2. The second kappa shape index (κ2) is 9.23. The lowest BCUT2D eigenvalue weighted by atomic mass is 10.0. The number of hydrogen-bond acceptors (Lipinski definition) is 5. The minimum absolute atomic E-state index is 0.0527. The quantitative estimate of drug-likeness (QED) is 0.591. The molecular weight excluding hydrogens is 372 g/mol. The van der Waals surface area contributed by atoms with Gasteiger partial charge in [-0.05, 0) is 31.0 Å². The number of ether oxygens (including phenoxy) is 1. The van der Waals surface area contributed by atoms with Gasteiger partial charge in [-0.2, -0.15) is 0 Å². The first-order chi connectivity index (χ1) is 14.0. The molecule has 1 aromatic heterocycles. The Labute approximate surface area is 168 Å². The number of hydrogen-bond donors (Lipinski definition) is 1. The van der Waals surface area contributed by atoms with Gasteiger partial charge < -0.3 is 14.5 Å². The van der Waals surface area contributed by atoms with E-state index in [0.29, 0.717) is 24.1 Å². The van der Waals surface area contributed by atoms with Crippen molar-refractivity contribution in [3.63, 3.8) is 0 Å². The molecule has 7 heteroatoms. The van der Waals surface area contributed by atoms with E-state index in [2.05, 4.69) is 5.32 Å². The zero-order valence-electron chi connectivity index (χ0n) is 16.5. The molecule has 7 nitrogen and oxygen atoms in total. The lowest BCUT2D eigenvalue weighted by Gasteiger charge is -2.18. The lowest BCUT2D eigenvalue weighted by Crippen LogP contribution is -2.30. The molecule has 152 valence electrons. The van der Waals surface area contributed by atoms with E-state index in [0.717, 1.165) is 11.1 Å². The van der Waals surface area contributed by atoms with Gasteiger partial charge in [0.1, 0.15) is 0 Å². The molecule has 0 saturated carbocycles. The second-order valence-electron chi connectivity index (χ2n) is 6.90. The molecule has 1 amide bonds. The number of carbonyl (C=O) groups excluding carboxylic acids is 2. The van der Waals surface area contributed by atoms with Gasteiger partial charge in [0.2, 0.25) is 5.91 Å². The van der Waals surface area contributed by atoms with Gasteiger partial charge >= 0.3 is 11.7 Å². The molecule has 3 aromatic rings. The molecule has 3 rings (SSSR count). The number of nitrogens with one attached hydrogen (secondary N) is 1. The number of oxazole rings is 1. The van der Waals surface area contributed by atoms with E-state index in [4.69, 9.17) is 9.15 Å². The fourth-order valence-corrected chi connectivity index (χ4v) is 3.19. The summed E-state index contributed by atoms with van der Waals surface area (Å²) >= 11 is 0. The number of nitrogens with zero attached hydrogens (tertiary/aromatic N) is 1. The van der Waals surface area contributed by atoms with E-state index in [1.165, 1.54) is 11.7 Å². The van der Waals surface area contributed by atoms with E-state index < -0.39 is 17.8 Å². The third-order valence-electron chi connectivity index (χ3n) is 4.77. The number of benzene rings is 2.